The predicted molar refractivity (Wildman–Crippen MR) is 81.0 cm³/mol. The lowest BCUT2D eigenvalue weighted by atomic mass is 9.80. The Labute approximate surface area is 117 Å². The van der Waals surface area contributed by atoms with Gasteiger partial charge in [-0.15, -0.1) is 0 Å². The first-order valence-electron chi connectivity index (χ1n) is 8.00. The Hall–Kier alpha value is -0.820. The Morgan fingerprint density at radius 3 is 2.79 bits per heavy atom. The maximum atomic E-state index is 6.03. The van der Waals surface area contributed by atoms with Crippen LogP contribution in [0.5, 0.6) is 0 Å². The number of hydrogen-bond donors (Lipinski definition) is 1. The van der Waals surface area contributed by atoms with Crippen LogP contribution in [-0.2, 0) is 6.42 Å². The van der Waals surface area contributed by atoms with Gasteiger partial charge in [-0.3, -0.25) is 0 Å². The summed E-state index contributed by atoms with van der Waals surface area (Å²) in [7, 11) is 0. The van der Waals surface area contributed by atoms with E-state index in [1.165, 1.54) is 49.7 Å². The first kappa shape index (κ1) is 13.2. The highest BCUT2D eigenvalue weighted by molar-refractivity contribution is 5.22. The van der Waals surface area contributed by atoms with E-state index in [1.807, 2.05) is 0 Å². The molecule has 104 valence electrons. The van der Waals surface area contributed by atoms with Crippen LogP contribution in [0.1, 0.15) is 43.2 Å². The van der Waals surface area contributed by atoms with Crippen LogP contribution < -0.4 is 5.73 Å². The quantitative estimate of drug-likeness (QED) is 0.849. The molecular formula is C18H27N. The molecule has 2 N–H and O–H groups in total. The Kier molecular flexibility index (Phi) is 3.93. The molecule has 0 heterocycles. The highest BCUT2D eigenvalue weighted by atomic mass is 14.6. The van der Waals surface area contributed by atoms with Gasteiger partial charge in [-0.25, -0.2) is 0 Å². The first-order chi connectivity index (χ1) is 9.24. The highest BCUT2D eigenvalue weighted by Gasteiger charge is 2.39. The highest BCUT2D eigenvalue weighted by Crippen LogP contribution is 2.50. The summed E-state index contributed by atoms with van der Waals surface area (Å²) in [6.45, 7) is 3.03. The molecule has 4 atom stereocenters. The van der Waals surface area contributed by atoms with E-state index < -0.39 is 0 Å². The third-order valence-corrected chi connectivity index (χ3v) is 5.46. The van der Waals surface area contributed by atoms with E-state index in [4.69, 9.17) is 5.73 Å². The lowest BCUT2D eigenvalue weighted by Crippen LogP contribution is -2.23. The number of aryl methyl sites for hydroxylation is 1. The normalized spacial score (nSPS) is 30.7. The maximum absolute atomic E-state index is 6.03. The van der Waals surface area contributed by atoms with E-state index in [2.05, 4.69) is 31.2 Å². The summed E-state index contributed by atoms with van der Waals surface area (Å²) in [5.74, 6) is 3.77. The average Bonchev–Trinajstić information content (AvgIpc) is 3.00. The molecule has 0 amide bonds. The van der Waals surface area contributed by atoms with Crippen LogP contribution in [0.25, 0.3) is 0 Å². The molecule has 0 saturated heterocycles. The number of fused-ring (bicyclic) bond motifs is 2. The molecule has 0 aliphatic heterocycles. The molecule has 0 radical (unpaired) electrons. The van der Waals surface area contributed by atoms with Gasteiger partial charge in [0.1, 0.15) is 0 Å². The minimum absolute atomic E-state index is 0.686. The van der Waals surface area contributed by atoms with E-state index in [0.29, 0.717) is 5.92 Å². The number of hydrogen-bond acceptors (Lipinski definition) is 1. The smallest absolute Gasteiger partial charge is 0.00456 e. The van der Waals surface area contributed by atoms with E-state index in [0.717, 1.165) is 24.3 Å². The molecule has 1 heteroatoms. The number of rotatable bonds is 5. The van der Waals surface area contributed by atoms with Crippen LogP contribution in [0.2, 0.25) is 0 Å². The van der Waals surface area contributed by atoms with Crippen LogP contribution in [0, 0.1) is 30.6 Å². The second-order valence-corrected chi connectivity index (χ2v) is 6.97. The largest absolute Gasteiger partial charge is 0.330 e. The molecule has 2 fully saturated rings. The minimum atomic E-state index is 0.686. The van der Waals surface area contributed by atoms with E-state index in [9.17, 15) is 0 Å². The zero-order chi connectivity index (χ0) is 13.2. The molecule has 4 unspecified atom stereocenters. The third kappa shape index (κ3) is 3.02. The van der Waals surface area contributed by atoms with Crippen molar-refractivity contribution in [2.45, 2.75) is 45.4 Å². The maximum Gasteiger partial charge on any atom is -0.00456 e. The Morgan fingerprint density at radius 1 is 1.26 bits per heavy atom. The van der Waals surface area contributed by atoms with E-state index >= 15 is 0 Å². The Morgan fingerprint density at radius 2 is 2.16 bits per heavy atom. The fourth-order valence-corrected chi connectivity index (χ4v) is 4.53. The van der Waals surface area contributed by atoms with Gasteiger partial charge in [-0.1, -0.05) is 36.2 Å². The van der Waals surface area contributed by atoms with Gasteiger partial charge in [0.05, 0.1) is 0 Å². The summed E-state index contributed by atoms with van der Waals surface area (Å²) in [5, 5.41) is 0. The van der Waals surface area contributed by atoms with Crippen molar-refractivity contribution < 1.29 is 0 Å². The fourth-order valence-electron chi connectivity index (χ4n) is 4.53. The standard InChI is InChI=1S/C18H27N/c1-13-3-2-4-14(7-13)8-16(12-19)11-18-10-15-5-6-17(18)9-15/h2-4,7,15-18H,5-6,8-12,19H2,1H3. The van der Waals surface area contributed by atoms with Gasteiger partial charge in [0.15, 0.2) is 0 Å². The van der Waals surface area contributed by atoms with Crippen LogP contribution in [0.3, 0.4) is 0 Å². The zero-order valence-electron chi connectivity index (χ0n) is 12.1. The fraction of sp³-hybridized carbons (Fsp3) is 0.667. The number of nitrogens with two attached hydrogens (primary N) is 1. The summed E-state index contributed by atoms with van der Waals surface area (Å²) in [6, 6.07) is 8.94. The predicted octanol–water partition coefficient (Wildman–Crippen LogP) is 3.94. The van der Waals surface area contributed by atoms with Gasteiger partial charge < -0.3 is 5.73 Å². The molecule has 2 aliphatic carbocycles. The third-order valence-electron chi connectivity index (χ3n) is 5.46. The van der Waals surface area contributed by atoms with Crippen LogP contribution in [0.4, 0.5) is 0 Å². The van der Waals surface area contributed by atoms with Crippen LogP contribution >= 0.6 is 0 Å². The van der Waals surface area contributed by atoms with E-state index in [1.54, 1.807) is 0 Å². The summed E-state index contributed by atoms with van der Waals surface area (Å²) in [4.78, 5) is 0. The van der Waals surface area contributed by atoms with Gasteiger partial charge in [0.2, 0.25) is 0 Å². The second kappa shape index (κ2) is 5.66. The summed E-state index contributed by atoms with van der Waals surface area (Å²) >= 11 is 0. The van der Waals surface area contributed by atoms with Gasteiger partial charge in [0, 0.05) is 0 Å². The molecule has 19 heavy (non-hydrogen) atoms. The van der Waals surface area contributed by atoms with Crippen molar-refractivity contribution in [1.29, 1.82) is 0 Å². The average molecular weight is 257 g/mol. The SMILES string of the molecule is Cc1cccc(CC(CN)CC2CC3CCC2C3)c1. The second-order valence-electron chi connectivity index (χ2n) is 6.97. The minimum Gasteiger partial charge on any atom is -0.330 e. The van der Waals surface area contributed by atoms with Crippen molar-refractivity contribution in [3.8, 4) is 0 Å². The monoisotopic (exact) mass is 257 g/mol. The topological polar surface area (TPSA) is 26.0 Å². The van der Waals surface area contributed by atoms with Crippen molar-refractivity contribution in [2.75, 3.05) is 6.54 Å². The molecule has 1 aromatic rings. The van der Waals surface area contributed by atoms with Crippen molar-refractivity contribution >= 4 is 0 Å². The molecule has 1 nitrogen and oxygen atoms in total. The van der Waals surface area contributed by atoms with Crippen molar-refractivity contribution in [2.24, 2.45) is 29.4 Å². The zero-order valence-corrected chi connectivity index (χ0v) is 12.1. The lowest BCUT2D eigenvalue weighted by Gasteiger charge is -2.26. The lowest BCUT2D eigenvalue weighted by molar-refractivity contribution is 0.268. The summed E-state index contributed by atoms with van der Waals surface area (Å²) < 4.78 is 0. The van der Waals surface area contributed by atoms with Crippen LogP contribution in [0.15, 0.2) is 24.3 Å². The van der Waals surface area contributed by atoms with Crippen LogP contribution in [-0.4, -0.2) is 6.54 Å². The van der Waals surface area contributed by atoms with Crippen molar-refractivity contribution in [3.05, 3.63) is 35.4 Å². The molecular weight excluding hydrogens is 230 g/mol. The summed E-state index contributed by atoms with van der Waals surface area (Å²) in [6.07, 6.45) is 8.56. The molecule has 2 bridgehead atoms. The van der Waals surface area contributed by atoms with Crippen molar-refractivity contribution in [1.82, 2.24) is 0 Å². The Bertz CT molecular complexity index is 425. The molecule has 2 saturated carbocycles. The van der Waals surface area contributed by atoms with Crippen molar-refractivity contribution in [3.63, 3.8) is 0 Å². The van der Waals surface area contributed by atoms with Gasteiger partial charge >= 0.3 is 0 Å². The van der Waals surface area contributed by atoms with E-state index in [-0.39, 0.29) is 0 Å². The first-order valence-corrected chi connectivity index (χ1v) is 8.00. The van der Waals surface area contributed by atoms with Gasteiger partial charge in [-0.05, 0) is 74.8 Å². The summed E-state index contributed by atoms with van der Waals surface area (Å²) in [5.41, 5.74) is 8.87. The molecule has 1 aromatic carbocycles. The molecule has 3 rings (SSSR count). The molecule has 2 aliphatic rings. The van der Waals surface area contributed by atoms with Gasteiger partial charge in [0.25, 0.3) is 0 Å². The number of benzene rings is 1. The Balaban J connectivity index is 1.59. The molecule has 0 spiro atoms. The molecule has 0 aromatic heterocycles. The van der Waals surface area contributed by atoms with Gasteiger partial charge in [-0.2, -0.15) is 0 Å².